The fraction of sp³-hybridized carbons (Fsp3) is 0.951. The Labute approximate surface area is 584 Å². The topological polar surface area (TPSA) is 136 Å². The fourth-order valence-electron chi connectivity index (χ4n) is 12.9. The van der Waals surface area contributed by atoms with Crippen molar-refractivity contribution in [1.29, 1.82) is 0 Å². The Balaban J connectivity index is 4.93. The van der Waals surface area contributed by atoms with Gasteiger partial charge >= 0.3 is 23.9 Å². The highest BCUT2D eigenvalue weighted by Gasteiger charge is 2.13. The lowest BCUT2D eigenvalue weighted by atomic mass is 10.0. The van der Waals surface area contributed by atoms with Crippen LogP contribution in [0.1, 0.15) is 413 Å². The van der Waals surface area contributed by atoms with E-state index in [1.165, 1.54) is 283 Å². The predicted molar refractivity (Wildman–Crippen MR) is 402 cm³/mol. The van der Waals surface area contributed by atoms with Crippen LogP contribution in [-0.4, -0.2) is 126 Å². The van der Waals surface area contributed by atoms with Crippen molar-refractivity contribution in [2.45, 2.75) is 413 Å². The molecule has 0 heterocycles. The van der Waals surface area contributed by atoms with E-state index in [4.69, 9.17) is 18.9 Å². The molecule has 0 unspecified atom stereocenters. The molecular formula is C82H162N4O8. The summed E-state index contributed by atoms with van der Waals surface area (Å²) >= 11 is 0. The van der Waals surface area contributed by atoms with Gasteiger partial charge in [-0.25, -0.2) is 0 Å². The van der Waals surface area contributed by atoms with Crippen molar-refractivity contribution in [2.75, 3.05) is 91.9 Å². The first-order valence-corrected chi connectivity index (χ1v) is 41.8. The molecule has 0 fully saturated rings. The number of unbranched alkanes of at least 4 members (excludes halogenated alkanes) is 48. The molecule has 0 radical (unpaired) electrons. The molecule has 0 saturated heterocycles. The summed E-state index contributed by atoms with van der Waals surface area (Å²) in [6.45, 7) is 19.2. The molecule has 0 aromatic carbocycles. The Morgan fingerprint density at radius 1 is 0.202 bits per heavy atom. The van der Waals surface area contributed by atoms with Gasteiger partial charge in [0.1, 0.15) is 0 Å². The molecule has 0 aliphatic heterocycles. The van der Waals surface area contributed by atoms with E-state index < -0.39 is 0 Å². The second kappa shape index (κ2) is 79.7. The van der Waals surface area contributed by atoms with E-state index in [1.807, 2.05) is 0 Å². The molecule has 0 bridgehead atoms. The van der Waals surface area contributed by atoms with Crippen LogP contribution in [0.4, 0.5) is 0 Å². The first-order chi connectivity index (χ1) is 46.4. The van der Waals surface area contributed by atoms with Gasteiger partial charge < -0.3 is 39.4 Å². The Morgan fingerprint density at radius 2 is 0.362 bits per heavy atom. The smallest absolute Gasteiger partial charge is 0.305 e. The number of rotatable bonds is 81. The van der Waals surface area contributed by atoms with Crippen LogP contribution in [0.3, 0.4) is 0 Å². The normalized spacial score (nSPS) is 11.6. The molecule has 12 heteroatoms. The van der Waals surface area contributed by atoms with E-state index in [2.05, 4.69) is 48.1 Å². The van der Waals surface area contributed by atoms with Gasteiger partial charge in [0.05, 0.1) is 26.4 Å². The van der Waals surface area contributed by atoms with E-state index in [9.17, 15) is 19.2 Å². The van der Waals surface area contributed by atoms with Gasteiger partial charge in [-0.1, -0.05) is 336 Å². The molecule has 12 nitrogen and oxygen atoms in total. The highest BCUT2D eigenvalue weighted by atomic mass is 16.5. The quantitative estimate of drug-likeness (QED) is 0.0341. The average molecular weight is 1330 g/mol. The molecule has 0 aromatic rings. The number of carbonyl (C=O) groups is 4. The third-order valence-corrected chi connectivity index (χ3v) is 19.2. The lowest BCUT2D eigenvalue weighted by molar-refractivity contribution is -0.145. The van der Waals surface area contributed by atoms with Crippen LogP contribution in [0.15, 0.2) is 0 Å². The third-order valence-electron chi connectivity index (χ3n) is 19.2. The van der Waals surface area contributed by atoms with Gasteiger partial charge in [-0.3, -0.25) is 19.2 Å². The van der Waals surface area contributed by atoms with Crippen molar-refractivity contribution in [1.82, 2.24) is 20.4 Å². The molecule has 0 amide bonds. The second-order valence-electron chi connectivity index (χ2n) is 28.4. The molecule has 0 aliphatic carbocycles. The molecule has 0 rings (SSSR count). The number of hydrogen-bond donors (Lipinski definition) is 2. The second-order valence-corrected chi connectivity index (χ2v) is 28.4. The van der Waals surface area contributed by atoms with Gasteiger partial charge in [0.25, 0.3) is 0 Å². The Morgan fingerprint density at radius 3 is 0.532 bits per heavy atom. The van der Waals surface area contributed by atoms with Crippen LogP contribution >= 0.6 is 0 Å². The Bertz CT molecular complexity index is 1330. The van der Waals surface area contributed by atoms with Gasteiger partial charge in [-0.2, -0.15) is 0 Å². The number of ether oxygens (including phenoxy) is 4. The molecule has 2 N–H and O–H groups in total. The highest BCUT2D eigenvalue weighted by molar-refractivity contribution is 5.70. The predicted octanol–water partition coefficient (Wildman–Crippen LogP) is 22.4. The van der Waals surface area contributed by atoms with E-state index in [0.717, 1.165) is 142 Å². The zero-order valence-electron chi connectivity index (χ0n) is 63.5. The number of hydrogen-bond acceptors (Lipinski definition) is 12. The van der Waals surface area contributed by atoms with Gasteiger partial charge in [0.2, 0.25) is 0 Å². The molecule has 0 atom stereocenters. The van der Waals surface area contributed by atoms with Gasteiger partial charge in [0, 0.05) is 65.0 Å². The van der Waals surface area contributed by atoms with E-state index in [1.54, 1.807) is 0 Å². The zero-order valence-corrected chi connectivity index (χ0v) is 63.5. The number of carbonyl (C=O) groups excluding carboxylic acids is 4. The zero-order chi connectivity index (χ0) is 68.0. The van der Waals surface area contributed by atoms with E-state index in [-0.39, 0.29) is 23.9 Å². The van der Waals surface area contributed by atoms with Crippen molar-refractivity contribution < 1.29 is 38.1 Å². The minimum atomic E-state index is -0.103. The van der Waals surface area contributed by atoms with Gasteiger partial charge in [0.15, 0.2) is 0 Å². The lowest BCUT2D eigenvalue weighted by Crippen LogP contribution is -2.38. The molecular weight excluding hydrogens is 1170 g/mol. The minimum Gasteiger partial charge on any atom is -0.466 e. The largest absolute Gasteiger partial charge is 0.466 e. The molecule has 0 spiro atoms. The average Bonchev–Trinajstić information content (AvgIpc) is 3.78. The van der Waals surface area contributed by atoms with Crippen molar-refractivity contribution in [3.8, 4) is 0 Å². The number of nitrogens with zero attached hydrogens (tertiary/aromatic N) is 2. The van der Waals surface area contributed by atoms with E-state index in [0.29, 0.717) is 52.1 Å². The maximum absolute atomic E-state index is 12.8. The summed E-state index contributed by atoms with van der Waals surface area (Å²) in [6, 6.07) is 0. The van der Waals surface area contributed by atoms with Crippen LogP contribution in [0.5, 0.6) is 0 Å². The third kappa shape index (κ3) is 75.5. The molecule has 0 aliphatic rings. The molecule has 94 heavy (non-hydrogen) atoms. The lowest BCUT2D eigenvalue weighted by Gasteiger charge is -2.23. The van der Waals surface area contributed by atoms with Crippen molar-refractivity contribution in [2.24, 2.45) is 0 Å². The van der Waals surface area contributed by atoms with Crippen LogP contribution in [-0.2, 0) is 38.1 Å². The van der Waals surface area contributed by atoms with Crippen LogP contribution < -0.4 is 10.6 Å². The van der Waals surface area contributed by atoms with Crippen LogP contribution in [0.2, 0.25) is 0 Å². The van der Waals surface area contributed by atoms with E-state index >= 15 is 0 Å². The summed E-state index contributed by atoms with van der Waals surface area (Å²) < 4.78 is 22.6. The summed E-state index contributed by atoms with van der Waals surface area (Å²) in [5, 5.41) is 7.25. The Hall–Kier alpha value is -2.28. The Kier molecular flexibility index (Phi) is 77.8. The fourth-order valence-corrected chi connectivity index (χ4v) is 12.9. The monoisotopic (exact) mass is 1330 g/mol. The first-order valence-electron chi connectivity index (χ1n) is 41.8. The SMILES string of the molecule is CCCCCCCCCCCCCCCOC(=O)CCCN(CCCC(=O)OCCCCCCCCCCCCCCC)CCNCCNCCN(CCCC(=O)OCCCCCCCCCCCCCCC)CCCC(=O)OCCCCCCCCCCCCCCC. The van der Waals surface area contributed by atoms with Crippen molar-refractivity contribution >= 4 is 23.9 Å². The summed E-state index contributed by atoms with van der Waals surface area (Å²) in [4.78, 5) is 55.8. The standard InChI is InChI=1S/C82H162N4O8/c1-5-9-13-17-21-25-29-33-37-41-45-49-53-75-91-79(87)61-57-69-85(70-58-62-80(88)92-76-54-50-46-42-38-34-30-26-22-18-14-10-6-2)73-67-83-65-66-84-68-74-86(71-59-63-81(89)93-77-55-51-47-43-39-35-31-27-23-19-15-11-7-3)72-60-64-82(90)94-78-56-52-48-44-40-36-32-28-24-20-16-12-8-4/h83-84H,5-78H2,1-4H3. The molecule has 0 saturated carbocycles. The van der Waals surface area contributed by atoms with Gasteiger partial charge in [-0.15, -0.1) is 0 Å². The minimum absolute atomic E-state index is 0.103. The first kappa shape index (κ1) is 91.7. The van der Waals surface area contributed by atoms with Crippen LogP contribution in [0, 0.1) is 0 Å². The van der Waals surface area contributed by atoms with Crippen molar-refractivity contribution in [3.05, 3.63) is 0 Å². The maximum atomic E-state index is 12.8. The molecule has 0 aromatic heterocycles. The maximum Gasteiger partial charge on any atom is 0.305 e. The van der Waals surface area contributed by atoms with Gasteiger partial charge in [-0.05, 0) is 77.5 Å². The summed E-state index contributed by atoms with van der Waals surface area (Å²) in [5.74, 6) is -0.410. The highest BCUT2D eigenvalue weighted by Crippen LogP contribution is 2.18. The van der Waals surface area contributed by atoms with Crippen molar-refractivity contribution in [3.63, 3.8) is 0 Å². The summed E-state index contributed by atoms with van der Waals surface area (Å²) in [5.41, 5.74) is 0. The summed E-state index contributed by atoms with van der Waals surface area (Å²) in [6.07, 6.45) is 72.1. The number of esters is 4. The number of nitrogens with one attached hydrogen (secondary N) is 2. The summed E-state index contributed by atoms with van der Waals surface area (Å²) in [7, 11) is 0. The molecule has 558 valence electrons. The van der Waals surface area contributed by atoms with Crippen LogP contribution in [0.25, 0.3) is 0 Å².